The zero-order chi connectivity index (χ0) is 12.8. The molecule has 1 fully saturated rings. The fourth-order valence-electron chi connectivity index (χ4n) is 3.33. The lowest BCUT2D eigenvalue weighted by Crippen LogP contribution is -2.23. The van der Waals surface area contributed by atoms with Gasteiger partial charge in [0.05, 0.1) is 6.04 Å². The molecule has 2 atom stereocenters. The molecule has 0 saturated heterocycles. The molecule has 1 heteroatoms. The first-order valence-electron chi connectivity index (χ1n) is 7.26. The van der Waals surface area contributed by atoms with E-state index >= 15 is 0 Å². The Labute approximate surface area is 114 Å². The van der Waals surface area contributed by atoms with Crippen molar-refractivity contribution < 1.29 is 0 Å². The Morgan fingerprint density at radius 1 is 0.947 bits per heavy atom. The Bertz CT molecular complexity index is 571. The predicted octanol–water partition coefficient (Wildman–Crippen LogP) is 4.00. The molecule has 2 aliphatic carbocycles. The van der Waals surface area contributed by atoms with E-state index in [4.69, 9.17) is 0 Å². The molecule has 0 aliphatic heterocycles. The molecule has 0 heterocycles. The van der Waals surface area contributed by atoms with Gasteiger partial charge in [-0.1, -0.05) is 55.5 Å². The quantitative estimate of drug-likeness (QED) is 0.867. The molecule has 19 heavy (non-hydrogen) atoms. The average molecular weight is 249 g/mol. The van der Waals surface area contributed by atoms with Gasteiger partial charge in [-0.25, -0.2) is 0 Å². The summed E-state index contributed by atoms with van der Waals surface area (Å²) in [6.07, 6.45) is 1.39. The molecular weight excluding hydrogens is 230 g/mol. The maximum absolute atomic E-state index is 3.79. The number of hydrogen-bond donors (Lipinski definition) is 1. The van der Waals surface area contributed by atoms with Crippen LogP contribution in [0.4, 0.5) is 0 Å². The molecular formula is C18H19N. The lowest BCUT2D eigenvalue weighted by molar-refractivity contribution is 0.564. The molecule has 2 aromatic rings. The molecule has 96 valence electrons. The molecule has 0 bridgehead atoms. The van der Waals surface area contributed by atoms with Gasteiger partial charge in [-0.2, -0.15) is 0 Å². The molecule has 0 radical (unpaired) electrons. The van der Waals surface area contributed by atoms with Gasteiger partial charge < -0.3 is 5.32 Å². The average Bonchev–Trinajstić information content (AvgIpc) is 3.07. The van der Waals surface area contributed by atoms with Gasteiger partial charge in [0.15, 0.2) is 0 Å². The highest BCUT2D eigenvalue weighted by Crippen LogP contribution is 2.44. The van der Waals surface area contributed by atoms with Crippen LogP contribution in [-0.2, 0) is 0 Å². The largest absolute Gasteiger partial charge is 0.306 e. The highest BCUT2D eigenvalue weighted by Gasteiger charge is 2.34. The summed E-state index contributed by atoms with van der Waals surface area (Å²) in [7, 11) is 0. The van der Waals surface area contributed by atoms with Gasteiger partial charge in [-0.15, -0.1) is 0 Å². The Kier molecular flexibility index (Phi) is 2.49. The smallest absolute Gasteiger partial charge is 0.0589 e. The van der Waals surface area contributed by atoms with Crippen LogP contribution >= 0.6 is 0 Å². The van der Waals surface area contributed by atoms with Crippen LogP contribution in [0.2, 0.25) is 0 Å². The summed E-state index contributed by atoms with van der Waals surface area (Å²) in [5, 5.41) is 3.79. The van der Waals surface area contributed by atoms with Gasteiger partial charge in [0.25, 0.3) is 0 Å². The van der Waals surface area contributed by atoms with Crippen molar-refractivity contribution in [1.29, 1.82) is 0 Å². The number of fused-ring (bicyclic) bond motifs is 3. The SMILES string of the molecule is CC1CC1CNC1c2ccccc2-c2ccccc21. The van der Waals surface area contributed by atoms with Crippen molar-refractivity contribution in [3.63, 3.8) is 0 Å². The maximum Gasteiger partial charge on any atom is 0.0589 e. The predicted molar refractivity (Wildman–Crippen MR) is 79.0 cm³/mol. The zero-order valence-corrected chi connectivity index (χ0v) is 11.3. The van der Waals surface area contributed by atoms with Gasteiger partial charge in [0.1, 0.15) is 0 Å². The molecule has 2 unspecified atom stereocenters. The molecule has 4 rings (SSSR count). The highest BCUT2D eigenvalue weighted by molar-refractivity contribution is 5.78. The van der Waals surface area contributed by atoms with Gasteiger partial charge in [-0.3, -0.25) is 0 Å². The van der Waals surface area contributed by atoms with Gasteiger partial charge >= 0.3 is 0 Å². The fraction of sp³-hybridized carbons (Fsp3) is 0.333. The van der Waals surface area contributed by atoms with E-state index in [1.165, 1.54) is 28.7 Å². The van der Waals surface area contributed by atoms with Crippen LogP contribution in [-0.4, -0.2) is 6.54 Å². The van der Waals surface area contributed by atoms with Crippen molar-refractivity contribution in [2.45, 2.75) is 19.4 Å². The minimum absolute atomic E-state index is 0.389. The first-order chi connectivity index (χ1) is 9.34. The van der Waals surface area contributed by atoms with E-state index in [9.17, 15) is 0 Å². The number of benzene rings is 2. The van der Waals surface area contributed by atoms with Crippen LogP contribution in [0, 0.1) is 11.8 Å². The third-order valence-electron chi connectivity index (χ3n) is 4.69. The van der Waals surface area contributed by atoms with Crippen LogP contribution in [0.25, 0.3) is 11.1 Å². The zero-order valence-electron chi connectivity index (χ0n) is 11.3. The Balaban J connectivity index is 1.69. The van der Waals surface area contributed by atoms with Gasteiger partial charge in [0, 0.05) is 0 Å². The fourth-order valence-corrected chi connectivity index (χ4v) is 3.33. The van der Waals surface area contributed by atoms with E-state index in [1.54, 1.807) is 0 Å². The van der Waals surface area contributed by atoms with Crippen molar-refractivity contribution in [3.05, 3.63) is 59.7 Å². The lowest BCUT2D eigenvalue weighted by atomic mass is 10.1. The van der Waals surface area contributed by atoms with Crippen LogP contribution in [0.1, 0.15) is 30.5 Å². The topological polar surface area (TPSA) is 12.0 Å². The van der Waals surface area contributed by atoms with Crippen molar-refractivity contribution in [3.8, 4) is 11.1 Å². The second-order valence-electron chi connectivity index (χ2n) is 5.99. The first kappa shape index (κ1) is 11.2. The Hall–Kier alpha value is -1.60. The van der Waals surface area contributed by atoms with E-state index in [1.807, 2.05) is 0 Å². The molecule has 2 aromatic carbocycles. The third kappa shape index (κ3) is 1.81. The summed E-state index contributed by atoms with van der Waals surface area (Å²) in [5.74, 6) is 1.80. The second kappa shape index (κ2) is 4.21. The summed E-state index contributed by atoms with van der Waals surface area (Å²) in [6.45, 7) is 3.50. The van der Waals surface area contributed by atoms with Crippen molar-refractivity contribution in [2.75, 3.05) is 6.54 Å². The molecule has 0 aromatic heterocycles. The molecule has 0 amide bonds. The van der Waals surface area contributed by atoms with E-state index in [-0.39, 0.29) is 0 Å². The summed E-state index contributed by atoms with van der Waals surface area (Å²) >= 11 is 0. The van der Waals surface area contributed by atoms with Crippen LogP contribution in [0.5, 0.6) is 0 Å². The van der Waals surface area contributed by atoms with Gasteiger partial charge in [0.2, 0.25) is 0 Å². The highest BCUT2D eigenvalue weighted by atomic mass is 14.9. The molecule has 2 aliphatic rings. The van der Waals surface area contributed by atoms with Gasteiger partial charge in [-0.05, 0) is 47.1 Å². The third-order valence-corrected chi connectivity index (χ3v) is 4.69. The van der Waals surface area contributed by atoms with Crippen molar-refractivity contribution in [2.24, 2.45) is 11.8 Å². The van der Waals surface area contributed by atoms with Crippen molar-refractivity contribution in [1.82, 2.24) is 5.32 Å². The minimum atomic E-state index is 0.389. The Morgan fingerprint density at radius 3 is 2.00 bits per heavy atom. The minimum Gasteiger partial charge on any atom is -0.306 e. The van der Waals surface area contributed by atoms with Crippen LogP contribution in [0.15, 0.2) is 48.5 Å². The second-order valence-corrected chi connectivity index (χ2v) is 5.99. The summed E-state index contributed by atoms with van der Waals surface area (Å²) in [5.41, 5.74) is 5.69. The van der Waals surface area contributed by atoms with E-state index in [0.29, 0.717) is 6.04 Å². The van der Waals surface area contributed by atoms with Crippen LogP contribution < -0.4 is 5.32 Å². The monoisotopic (exact) mass is 249 g/mol. The number of rotatable bonds is 3. The maximum atomic E-state index is 3.79. The summed E-state index contributed by atoms with van der Waals surface area (Å²) < 4.78 is 0. The standard InChI is InChI=1S/C18H19N/c1-12-10-13(12)11-19-18-16-8-4-2-6-14(16)15-7-3-5-9-17(15)18/h2-9,12-13,18-19H,10-11H2,1H3. The molecule has 0 spiro atoms. The Morgan fingerprint density at radius 2 is 1.47 bits per heavy atom. The van der Waals surface area contributed by atoms with E-state index in [0.717, 1.165) is 18.4 Å². The first-order valence-corrected chi connectivity index (χ1v) is 7.26. The van der Waals surface area contributed by atoms with Crippen molar-refractivity contribution >= 4 is 0 Å². The van der Waals surface area contributed by atoms with E-state index < -0.39 is 0 Å². The van der Waals surface area contributed by atoms with Crippen LogP contribution in [0.3, 0.4) is 0 Å². The molecule has 1 nitrogen and oxygen atoms in total. The lowest BCUT2D eigenvalue weighted by Gasteiger charge is -2.15. The number of nitrogens with one attached hydrogen (secondary N) is 1. The molecule has 1 N–H and O–H groups in total. The number of hydrogen-bond acceptors (Lipinski definition) is 1. The summed E-state index contributed by atoms with van der Waals surface area (Å²) in [4.78, 5) is 0. The normalized spacial score (nSPS) is 24.1. The molecule has 1 saturated carbocycles. The summed E-state index contributed by atoms with van der Waals surface area (Å²) in [6, 6.07) is 18.0. The van der Waals surface area contributed by atoms with E-state index in [2.05, 4.69) is 60.8 Å².